The quantitative estimate of drug-likeness (QED) is 0.712. The van der Waals surface area contributed by atoms with Gasteiger partial charge >= 0.3 is 0 Å². The van der Waals surface area contributed by atoms with E-state index in [9.17, 15) is 16.8 Å². The average molecular weight is 407 g/mol. The van der Waals surface area contributed by atoms with Crippen molar-refractivity contribution in [3.05, 3.63) is 16.5 Å². The van der Waals surface area contributed by atoms with E-state index in [1.165, 1.54) is 10.4 Å². The lowest BCUT2D eigenvalue weighted by molar-refractivity contribution is 0.356. The number of nitrogens with zero attached hydrogens (tertiary/aromatic N) is 1. The van der Waals surface area contributed by atoms with E-state index in [1.807, 2.05) is 0 Å². The Labute approximate surface area is 131 Å². The van der Waals surface area contributed by atoms with Crippen molar-refractivity contribution >= 4 is 47.4 Å². The molecule has 1 aliphatic heterocycles. The normalized spacial score (nSPS) is 23.9. The summed E-state index contributed by atoms with van der Waals surface area (Å²) < 4.78 is 54.6. The molecule has 1 fully saturated rings. The lowest BCUT2D eigenvalue weighted by Gasteiger charge is -2.31. The molecule has 1 saturated heterocycles. The van der Waals surface area contributed by atoms with Crippen LogP contribution in [0.4, 0.5) is 0 Å². The molecule has 0 amide bonds. The highest BCUT2D eigenvalue weighted by molar-refractivity contribution is 9.10. The fourth-order valence-corrected chi connectivity index (χ4v) is 6.60. The highest BCUT2D eigenvalue weighted by Crippen LogP contribution is 2.31. The molecule has 0 saturated carbocycles. The number of alkyl halides is 1. The lowest BCUT2D eigenvalue weighted by atomic mass is 10.4. The van der Waals surface area contributed by atoms with Gasteiger partial charge in [-0.1, -0.05) is 0 Å². The van der Waals surface area contributed by atoms with Gasteiger partial charge in [0.05, 0.1) is 17.4 Å². The van der Waals surface area contributed by atoms with Crippen molar-refractivity contribution in [2.75, 3.05) is 18.1 Å². The molecule has 114 valence electrons. The van der Waals surface area contributed by atoms with Crippen molar-refractivity contribution in [1.29, 1.82) is 0 Å². The van der Waals surface area contributed by atoms with Crippen LogP contribution in [0.5, 0.6) is 0 Å². The van der Waals surface area contributed by atoms with E-state index in [4.69, 9.17) is 16.0 Å². The van der Waals surface area contributed by atoms with Gasteiger partial charge in [0.25, 0.3) is 0 Å². The Hall–Kier alpha value is -0.0900. The summed E-state index contributed by atoms with van der Waals surface area (Å²) in [7, 11) is -6.99. The zero-order chi connectivity index (χ0) is 15.1. The zero-order valence-electron chi connectivity index (χ0n) is 10.5. The Morgan fingerprint density at radius 3 is 2.70 bits per heavy atom. The molecule has 0 spiro atoms. The van der Waals surface area contributed by atoms with Crippen LogP contribution in [0.1, 0.15) is 12.7 Å². The molecule has 0 aliphatic carbocycles. The minimum absolute atomic E-state index is 0.0284. The molecule has 20 heavy (non-hydrogen) atoms. The minimum Gasteiger partial charge on any atom is -0.452 e. The molecule has 0 radical (unpaired) electrons. The molecule has 1 aliphatic rings. The largest absolute Gasteiger partial charge is 0.452 e. The molecule has 2 rings (SSSR count). The van der Waals surface area contributed by atoms with E-state index in [0.29, 0.717) is 5.76 Å². The molecule has 0 bridgehead atoms. The van der Waals surface area contributed by atoms with Gasteiger partial charge in [0, 0.05) is 18.7 Å². The van der Waals surface area contributed by atoms with Gasteiger partial charge in [-0.2, -0.15) is 4.31 Å². The third kappa shape index (κ3) is 3.06. The summed E-state index contributed by atoms with van der Waals surface area (Å²) in [5.41, 5.74) is 0. The predicted molar refractivity (Wildman–Crippen MR) is 78.0 cm³/mol. The standard InChI is InChI=1S/C10H13BrClNO5S2/c1-7-6-19(14,15)3-2-13(7)20(16,17)9-4-8(5-12)18-10(9)11/h4,7H,2-3,5-6H2,1H3. The maximum absolute atomic E-state index is 12.6. The number of sulfone groups is 1. The summed E-state index contributed by atoms with van der Waals surface area (Å²) in [5.74, 6) is 0.0330. The van der Waals surface area contributed by atoms with Gasteiger partial charge in [0.15, 0.2) is 14.5 Å². The Kier molecular flexibility index (Phi) is 4.56. The van der Waals surface area contributed by atoms with Crippen molar-refractivity contribution in [3.63, 3.8) is 0 Å². The Bertz CT molecular complexity index is 712. The third-order valence-corrected chi connectivity index (χ3v) is 7.96. The number of furan rings is 1. The molecule has 1 atom stereocenters. The number of hydrogen-bond acceptors (Lipinski definition) is 5. The monoisotopic (exact) mass is 405 g/mol. The van der Waals surface area contributed by atoms with E-state index in [1.54, 1.807) is 6.92 Å². The highest BCUT2D eigenvalue weighted by atomic mass is 79.9. The first-order valence-corrected chi connectivity index (χ1v) is 10.3. The second-order valence-electron chi connectivity index (χ2n) is 4.56. The van der Waals surface area contributed by atoms with Gasteiger partial charge in [-0.05, 0) is 22.9 Å². The van der Waals surface area contributed by atoms with Crippen LogP contribution in [0.25, 0.3) is 0 Å². The zero-order valence-corrected chi connectivity index (χ0v) is 14.5. The van der Waals surface area contributed by atoms with Gasteiger partial charge in [-0.15, -0.1) is 11.6 Å². The van der Waals surface area contributed by atoms with E-state index in [-0.39, 0.29) is 33.5 Å². The van der Waals surface area contributed by atoms with E-state index >= 15 is 0 Å². The van der Waals surface area contributed by atoms with Crippen molar-refractivity contribution < 1.29 is 21.3 Å². The van der Waals surface area contributed by atoms with Crippen LogP contribution in [-0.2, 0) is 25.7 Å². The highest BCUT2D eigenvalue weighted by Gasteiger charge is 2.38. The van der Waals surface area contributed by atoms with E-state index in [0.717, 1.165) is 0 Å². The molecular formula is C10H13BrClNO5S2. The van der Waals surface area contributed by atoms with Gasteiger partial charge < -0.3 is 4.42 Å². The summed E-state index contributed by atoms with van der Waals surface area (Å²) in [6, 6.07) is 0.738. The van der Waals surface area contributed by atoms with Crippen LogP contribution in [-0.4, -0.2) is 45.2 Å². The molecule has 1 aromatic heterocycles. The van der Waals surface area contributed by atoms with Crippen molar-refractivity contribution in [2.45, 2.75) is 23.7 Å². The van der Waals surface area contributed by atoms with Crippen LogP contribution in [0.15, 0.2) is 20.0 Å². The summed E-state index contributed by atoms with van der Waals surface area (Å²) >= 11 is 8.67. The summed E-state index contributed by atoms with van der Waals surface area (Å²) in [6.45, 7) is 1.52. The molecule has 0 N–H and O–H groups in total. The first-order chi connectivity index (χ1) is 9.17. The third-order valence-electron chi connectivity index (χ3n) is 3.03. The molecule has 6 nitrogen and oxygen atoms in total. The maximum Gasteiger partial charge on any atom is 0.247 e. The van der Waals surface area contributed by atoms with Gasteiger partial charge in [0.1, 0.15) is 10.7 Å². The Morgan fingerprint density at radius 2 is 2.20 bits per heavy atom. The predicted octanol–water partition coefficient (Wildman–Crippen LogP) is 1.59. The smallest absolute Gasteiger partial charge is 0.247 e. The van der Waals surface area contributed by atoms with Crippen molar-refractivity contribution in [2.24, 2.45) is 0 Å². The van der Waals surface area contributed by atoms with Crippen LogP contribution in [0, 0.1) is 0 Å². The lowest BCUT2D eigenvalue weighted by Crippen LogP contribution is -2.49. The van der Waals surface area contributed by atoms with Gasteiger partial charge in [0.2, 0.25) is 10.0 Å². The molecule has 1 aromatic rings. The molecule has 10 heteroatoms. The number of halogens is 2. The van der Waals surface area contributed by atoms with Crippen molar-refractivity contribution in [3.8, 4) is 0 Å². The molecule has 0 aromatic carbocycles. The van der Waals surface area contributed by atoms with E-state index in [2.05, 4.69) is 15.9 Å². The van der Waals surface area contributed by atoms with Crippen LogP contribution < -0.4 is 0 Å². The van der Waals surface area contributed by atoms with E-state index < -0.39 is 25.9 Å². The second-order valence-corrected chi connectivity index (χ2v) is 9.64. The number of sulfonamides is 1. The van der Waals surface area contributed by atoms with Crippen LogP contribution >= 0.6 is 27.5 Å². The summed E-state index contributed by atoms with van der Waals surface area (Å²) in [5, 5.41) is 0. The number of rotatable bonds is 3. The average Bonchev–Trinajstić information content (AvgIpc) is 2.69. The van der Waals surface area contributed by atoms with Crippen molar-refractivity contribution in [1.82, 2.24) is 4.31 Å². The topological polar surface area (TPSA) is 84.7 Å². The Morgan fingerprint density at radius 1 is 1.55 bits per heavy atom. The first kappa shape index (κ1) is 16.3. The van der Waals surface area contributed by atoms with Gasteiger partial charge in [-0.25, -0.2) is 16.8 Å². The molecular weight excluding hydrogens is 394 g/mol. The Balaban J connectivity index is 2.38. The van der Waals surface area contributed by atoms with Crippen LogP contribution in [0.3, 0.4) is 0 Å². The van der Waals surface area contributed by atoms with Gasteiger partial charge in [-0.3, -0.25) is 0 Å². The summed E-state index contributed by atoms with van der Waals surface area (Å²) in [4.78, 5) is -0.0284. The molecule has 2 heterocycles. The first-order valence-electron chi connectivity index (χ1n) is 5.74. The summed E-state index contributed by atoms with van der Waals surface area (Å²) in [6.07, 6.45) is 0. The minimum atomic E-state index is -3.81. The maximum atomic E-state index is 12.6. The second kappa shape index (κ2) is 5.60. The molecule has 1 unspecified atom stereocenters. The fraction of sp³-hybridized carbons (Fsp3) is 0.600. The SMILES string of the molecule is CC1CS(=O)(=O)CCN1S(=O)(=O)c1cc(CCl)oc1Br. The van der Waals surface area contributed by atoms with Crippen LogP contribution in [0.2, 0.25) is 0 Å². The number of hydrogen-bond donors (Lipinski definition) is 0. The fourth-order valence-electron chi connectivity index (χ4n) is 2.11.